The summed E-state index contributed by atoms with van der Waals surface area (Å²) in [6.07, 6.45) is -7.52. The van der Waals surface area contributed by atoms with Gasteiger partial charge in [-0.3, -0.25) is 9.59 Å². The summed E-state index contributed by atoms with van der Waals surface area (Å²) >= 11 is 0.542. The minimum absolute atomic E-state index is 0.534. The van der Waals surface area contributed by atoms with Crippen molar-refractivity contribution in [2.45, 2.75) is 62.2 Å². The van der Waals surface area contributed by atoms with Crippen LogP contribution in [0.4, 0.5) is 0 Å². The normalized spacial score (nSPS) is 31.1. The van der Waals surface area contributed by atoms with E-state index in [9.17, 15) is 29.8 Å². The summed E-state index contributed by atoms with van der Waals surface area (Å²) in [5.41, 5.74) is 0. The average molecular weight is 381 g/mol. The molecule has 0 aromatic rings. The number of amides is 2. The van der Waals surface area contributed by atoms with E-state index >= 15 is 0 Å². The lowest BCUT2D eigenvalue weighted by atomic mass is 9.97. The fraction of sp³-hybridized carbons (Fsp3) is 0.846. The molecule has 0 aromatic carbocycles. The van der Waals surface area contributed by atoms with Gasteiger partial charge in [0.2, 0.25) is 11.8 Å². The molecule has 1 aliphatic rings. The van der Waals surface area contributed by atoms with Crippen LogP contribution in [-0.4, -0.2) is 80.3 Å². The maximum Gasteiger partial charge on any atom is 0.246 e. The third kappa shape index (κ3) is 5.33. The summed E-state index contributed by atoms with van der Waals surface area (Å²) in [5, 5.41) is 43.2. The molecule has 1 aliphatic heterocycles. The van der Waals surface area contributed by atoms with Crippen molar-refractivity contribution in [2.75, 3.05) is 6.61 Å². The van der Waals surface area contributed by atoms with Gasteiger partial charge in [0.05, 0.1) is 11.4 Å². The lowest BCUT2D eigenvalue weighted by Crippen LogP contribution is -2.66. The number of nitrogens with zero attached hydrogens (tertiary/aromatic N) is 1. The summed E-state index contributed by atoms with van der Waals surface area (Å²) in [4.78, 5) is 34.4. The van der Waals surface area contributed by atoms with Crippen LogP contribution < -0.4 is 10.6 Å². The molecular formula is C13H23N3O8S. The van der Waals surface area contributed by atoms with Crippen molar-refractivity contribution in [3.8, 4) is 0 Å². The Labute approximate surface area is 148 Å². The molecule has 1 saturated heterocycles. The quantitative estimate of drug-likeness (QED) is 0.207. The van der Waals surface area contributed by atoms with Crippen LogP contribution in [0.15, 0.2) is 4.58 Å². The van der Waals surface area contributed by atoms with Gasteiger partial charge in [0, 0.05) is 23.5 Å². The maximum atomic E-state index is 12.5. The number of aliphatic hydroxyl groups excluding tert-OH is 4. The van der Waals surface area contributed by atoms with Crippen molar-refractivity contribution < 1.29 is 34.8 Å². The molecule has 0 radical (unpaired) electrons. The number of ether oxygens (including phenoxy) is 1. The fourth-order valence-corrected chi connectivity index (χ4v) is 2.81. The third-order valence-corrected chi connectivity index (χ3v) is 4.54. The molecule has 1 fully saturated rings. The van der Waals surface area contributed by atoms with Gasteiger partial charge in [0.1, 0.15) is 30.5 Å². The van der Waals surface area contributed by atoms with Gasteiger partial charge >= 0.3 is 0 Å². The predicted molar refractivity (Wildman–Crippen MR) is 87.0 cm³/mol. The van der Waals surface area contributed by atoms with Crippen LogP contribution in [0.25, 0.3) is 0 Å². The zero-order valence-electron chi connectivity index (χ0n) is 13.9. The van der Waals surface area contributed by atoms with Crippen LogP contribution in [0.2, 0.25) is 0 Å². The number of rotatable bonds is 7. The van der Waals surface area contributed by atoms with Crippen molar-refractivity contribution in [3.05, 3.63) is 4.91 Å². The summed E-state index contributed by atoms with van der Waals surface area (Å²) in [5.74, 6) is -1.34. The highest BCUT2D eigenvalue weighted by molar-refractivity contribution is 7.99. The van der Waals surface area contributed by atoms with Gasteiger partial charge in [0.25, 0.3) is 0 Å². The SMILES string of the molecule is CC(=O)NC(C(=O)NC1OC(CO)C(O)C(O)C1O)C(C)(C)SN=O. The van der Waals surface area contributed by atoms with Gasteiger partial charge < -0.3 is 35.8 Å². The molecule has 1 heterocycles. The van der Waals surface area contributed by atoms with E-state index in [1.807, 2.05) is 0 Å². The Kier molecular flexibility index (Phi) is 7.71. The summed E-state index contributed by atoms with van der Waals surface area (Å²) in [6, 6.07) is -1.21. The first-order valence-corrected chi connectivity index (χ1v) is 8.21. The molecule has 0 saturated carbocycles. The summed E-state index contributed by atoms with van der Waals surface area (Å²) in [6.45, 7) is 3.55. The molecule has 12 heteroatoms. The van der Waals surface area contributed by atoms with E-state index in [1.165, 1.54) is 20.8 Å². The highest BCUT2D eigenvalue weighted by Crippen LogP contribution is 2.29. The first-order chi connectivity index (χ1) is 11.5. The minimum atomic E-state index is -1.67. The Morgan fingerprint density at radius 2 is 1.84 bits per heavy atom. The second-order valence-corrected chi connectivity index (χ2v) is 7.54. The van der Waals surface area contributed by atoms with Gasteiger partial charge in [-0.15, -0.1) is 4.91 Å². The van der Waals surface area contributed by atoms with E-state index in [2.05, 4.69) is 15.2 Å². The van der Waals surface area contributed by atoms with Gasteiger partial charge in [-0.25, -0.2) is 0 Å². The first-order valence-electron chi connectivity index (χ1n) is 7.44. The number of carbonyl (C=O) groups is 2. The zero-order valence-corrected chi connectivity index (χ0v) is 14.8. The van der Waals surface area contributed by atoms with E-state index in [1.54, 1.807) is 0 Å². The fourth-order valence-electron chi connectivity index (χ4n) is 2.35. The van der Waals surface area contributed by atoms with Crippen LogP contribution in [0.1, 0.15) is 20.8 Å². The first kappa shape index (κ1) is 21.7. The van der Waals surface area contributed by atoms with Crippen molar-refractivity contribution in [1.82, 2.24) is 10.6 Å². The highest BCUT2D eigenvalue weighted by Gasteiger charge is 2.46. The van der Waals surface area contributed by atoms with Crippen LogP contribution in [-0.2, 0) is 14.3 Å². The number of nitroso groups, excluding NO2 is 1. The largest absolute Gasteiger partial charge is 0.394 e. The number of hydrogen-bond donors (Lipinski definition) is 6. The number of nitrogens with one attached hydrogen (secondary N) is 2. The molecule has 25 heavy (non-hydrogen) atoms. The zero-order chi connectivity index (χ0) is 19.4. The number of aliphatic hydroxyl groups is 4. The molecule has 6 unspecified atom stereocenters. The van der Waals surface area contributed by atoms with E-state index < -0.39 is 59.9 Å². The Morgan fingerprint density at radius 3 is 2.32 bits per heavy atom. The molecular weight excluding hydrogens is 358 g/mol. The molecule has 0 aliphatic carbocycles. The van der Waals surface area contributed by atoms with E-state index in [-0.39, 0.29) is 0 Å². The monoisotopic (exact) mass is 381 g/mol. The van der Waals surface area contributed by atoms with Gasteiger partial charge in [-0.2, -0.15) is 0 Å². The number of carbonyl (C=O) groups excluding carboxylic acids is 2. The topological polar surface area (TPSA) is 178 Å². The van der Waals surface area contributed by atoms with Crippen LogP contribution >= 0.6 is 11.9 Å². The Hall–Kier alpha value is -1.31. The van der Waals surface area contributed by atoms with Crippen molar-refractivity contribution in [1.29, 1.82) is 0 Å². The van der Waals surface area contributed by atoms with E-state index in [0.29, 0.717) is 11.9 Å². The Morgan fingerprint density at radius 1 is 1.24 bits per heavy atom. The highest BCUT2D eigenvalue weighted by atomic mass is 32.2. The van der Waals surface area contributed by atoms with Crippen molar-refractivity contribution in [2.24, 2.45) is 4.58 Å². The molecule has 1 rings (SSSR count). The molecule has 2 amide bonds. The second-order valence-electron chi connectivity index (χ2n) is 6.16. The predicted octanol–water partition coefficient (Wildman–Crippen LogP) is -2.40. The molecule has 0 spiro atoms. The molecule has 6 atom stereocenters. The summed E-state index contributed by atoms with van der Waals surface area (Å²) < 4.78 is 6.74. The molecule has 0 bridgehead atoms. The smallest absolute Gasteiger partial charge is 0.246 e. The average Bonchev–Trinajstić information content (AvgIpc) is 2.52. The second kappa shape index (κ2) is 8.87. The molecule has 144 valence electrons. The summed E-state index contributed by atoms with van der Waals surface area (Å²) in [7, 11) is 0. The van der Waals surface area contributed by atoms with Gasteiger partial charge in [-0.1, -0.05) is 0 Å². The third-order valence-electron chi connectivity index (χ3n) is 3.75. The maximum absolute atomic E-state index is 12.5. The van der Waals surface area contributed by atoms with Crippen molar-refractivity contribution >= 4 is 23.8 Å². The van der Waals surface area contributed by atoms with Crippen molar-refractivity contribution in [3.63, 3.8) is 0 Å². The number of hydrogen-bond acceptors (Lipinski definition) is 10. The van der Waals surface area contributed by atoms with Gasteiger partial charge in [-0.05, 0) is 13.8 Å². The minimum Gasteiger partial charge on any atom is -0.394 e. The van der Waals surface area contributed by atoms with Crippen LogP contribution in [0, 0.1) is 4.91 Å². The standard InChI is InChI=1S/C13H23N3O8S/c1-5(18)14-10(13(2,3)25-16-23)11(22)15-12-9(21)8(20)7(19)6(4-17)24-12/h6-10,12,17,19-21H,4H2,1-3H3,(H,14,18)(H,15,22). The van der Waals surface area contributed by atoms with Crippen LogP contribution in [0.5, 0.6) is 0 Å². The molecule has 6 N–H and O–H groups in total. The Balaban J connectivity index is 2.94. The Bertz CT molecular complexity index is 504. The van der Waals surface area contributed by atoms with E-state index in [4.69, 9.17) is 9.84 Å². The molecule has 0 aromatic heterocycles. The lowest BCUT2D eigenvalue weighted by Gasteiger charge is -2.41. The molecule has 11 nitrogen and oxygen atoms in total. The van der Waals surface area contributed by atoms with E-state index in [0.717, 1.165) is 0 Å². The van der Waals surface area contributed by atoms with Crippen LogP contribution in [0.3, 0.4) is 0 Å². The van der Waals surface area contributed by atoms with Gasteiger partial charge in [0.15, 0.2) is 6.23 Å². The lowest BCUT2D eigenvalue weighted by molar-refractivity contribution is -0.236.